The van der Waals surface area contributed by atoms with Gasteiger partial charge in [0.2, 0.25) is 5.89 Å². The van der Waals surface area contributed by atoms with Crippen LogP contribution in [0.15, 0.2) is 28.7 Å². The molecule has 1 N–H and O–H groups in total. The Hall–Kier alpha value is -2.16. The Balaban J connectivity index is 1.56. The summed E-state index contributed by atoms with van der Waals surface area (Å²) in [5, 5.41) is 7.25. The fourth-order valence-corrected chi connectivity index (χ4v) is 8.01. The molecule has 4 bridgehead atoms. The molecule has 8 rings (SSSR count). The van der Waals surface area contributed by atoms with Crippen LogP contribution in [0.4, 0.5) is 0 Å². The van der Waals surface area contributed by atoms with Crippen LogP contribution in [-0.2, 0) is 16.6 Å². The minimum Gasteiger partial charge on any atom is -0.493 e. The van der Waals surface area contributed by atoms with E-state index in [1.54, 1.807) is 14.2 Å². The van der Waals surface area contributed by atoms with Gasteiger partial charge < -0.3 is 23.5 Å². The van der Waals surface area contributed by atoms with Gasteiger partial charge in [-0.25, -0.2) is 5.10 Å². The molecule has 7 nitrogen and oxygen atoms in total. The van der Waals surface area contributed by atoms with Crippen molar-refractivity contribution in [2.75, 3.05) is 27.8 Å². The normalized spacial score (nSPS) is 41.2. The quantitative estimate of drug-likeness (QED) is 0.582. The molecule has 2 aromatic rings. The molecule has 8 heteroatoms. The molecule has 31 heavy (non-hydrogen) atoms. The number of likely N-dealkylation sites (N-methyl/N-ethyl adjacent to an activating group) is 1. The van der Waals surface area contributed by atoms with E-state index in [2.05, 4.69) is 46.4 Å². The highest BCUT2D eigenvalue weighted by atomic mass is 32.1. The first-order valence-electron chi connectivity index (χ1n) is 10.9. The zero-order chi connectivity index (χ0) is 21.2. The third-order valence-corrected chi connectivity index (χ3v) is 9.21. The highest BCUT2D eigenvalue weighted by molar-refractivity contribution is 7.71. The van der Waals surface area contributed by atoms with Crippen molar-refractivity contribution in [3.8, 4) is 11.5 Å². The summed E-state index contributed by atoms with van der Waals surface area (Å²) in [6.45, 7) is 1.03. The summed E-state index contributed by atoms with van der Waals surface area (Å²) in [5.74, 6) is 2.20. The minimum atomic E-state index is -0.693. The van der Waals surface area contributed by atoms with Gasteiger partial charge in [-0.1, -0.05) is 18.2 Å². The van der Waals surface area contributed by atoms with Crippen LogP contribution in [0.3, 0.4) is 0 Å². The van der Waals surface area contributed by atoms with Crippen molar-refractivity contribution in [2.24, 2.45) is 5.41 Å². The molecule has 2 aliphatic heterocycles. The Labute approximate surface area is 185 Å². The molecule has 162 valence electrons. The van der Waals surface area contributed by atoms with Crippen molar-refractivity contribution in [3.63, 3.8) is 0 Å². The highest BCUT2D eigenvalue weighted by Gasteiger charge is 2.79. The number of rotatable bonds is 3. The minimum absolute atomic E-state index is 0.0931. The fourth-order valence-electron chi connectivity index (χ4n) is 7.88. The molecule has 1 aromatic heterocycles. The Bertz CT molecular complexity index is 1210. The fraction of sp³-hybridized carbons (Fsp3) is 0.565. The summed E-state index contributed by atoms with van der Waals surface area (Å²) in [6.07, 6.45) is 7.37. The molecule has 0 amide bonds. The standard InChI is InChI=1S/C23H25N3O4S/c1-26-9-8-22-16-12-4-5-14(27-2)17(16)29-19(22)23(28-3)7-6-21(22,15(26)10-12)11-13(23)18-24-25-20(31)30-18/h4-7,13,15,19H,8-11H2,1-3H3,(H,25,31)/t13-,15-,19-,21-,22+,23-/m1/s1. The van der Waals surface area contributed by atoms with Crippen LogP contribution in [0.25, 0.3) is 0 Å². The topological polar surface area (TPSA) is 72.7 Å². The average molecular weight is 440 g/mol. The molecule has 2 fully saturated rings. The number of aromatic amines is 1. The van der Waals surface area contributed by atoms with Crippen molar-refractivity contribution in [1.82, 2.24) is 15.1 Å². The summed E-state index contributed by atoms with van der Waals surface area (Å²) < 4.78 is 24.9. The lowest BCUT2D eigenvalue weighted by Crippen LogP contribution is -2.78. The van der Waals surface area contributed by atoms with Crippen molar-refractivity contribution in [1.29, 1.82) is 0 Å². The third-order valence-electron chi connectivity index (χ3n) is 9.03. The van der Waals surface area contributed by atoms with Crippen LogP contribution in [0.1, 0.15) is 35.8 Å². The van der Waals surface area contributed by atoms with Gasteiger partial charge in [0.25, 0.3) is 4.84 Å². The van der Waals surface area contributed by atoms with Crippen molar-refractivity contribution >= 4 is 12.2 Å². The number of piperidine rings is 1. The van der Waals surface area contributed by atoms with E-state index in [0.717, 1.165) is 37.3 Å². The number of nitrogens with zero attached hydrogens (tertiary/aromatic N) is 2. The number of hydrogen-bond donors (Lipinski definition) is 1. The van der Waals surface area contributed by atoms with Gasteiger partial charge in [-0.05, 0) is 56.7 Å². The van der Waals surface area contributed by atoms with Crippen LogP contribution in [0.2, 0.25) is 0 Å². The van der Waals surface area contributed by atoms with Gasteiger partial charge in [0.05, 0.1) is 18.4 Å². The second kappa shape index (κ2) is 5.60. The number of methoxy groups -OCH3 is 2. The maximum Gasteiger partial charge on any atom is 0.284 e. The number of likely N-dealkylation sites (tertiary alicyclic amines) is 1. The Kier molecular flexibility index (Phi) is 3.33. The first-order chi connectivity index (χ1) is 15.0. The zero-order valence-electron chi connectivity index (χ0n) is 17.8. The maximum atomic E-state index is 6.89. The molecule has 2 spiro atoms. The molecule has 4 aliphatic carbocycles. The molecule has 6 atom stereocenters. The van der Waals surface area contributed by atoms with Gasteiger partial charge in [-0.2, -0.15) is 0 Å². The SMILES string of the molecule is COc1ccc2c3c1O[C@H]1[C@@]4(OC)C=C[C@@]5(C[C@@H]4c4n[nH]c(=S)o4)[C@@H](C2)N(C)CC[C@]315. The van der Waals surface area contributed by atoms with Crippen LogP contribution in [0.5, 0.6) is 11.5 Å². The molecule has 1 aromatic carbocycles. The first kappa shape index (κ1) is 18.4. The van der Waals surface area contributed by atoms with E-state index in [1.807, 2.05) is 0 Å². The van der Waals surface area contributed by atoms with Gasteiger partial charge in [-0.15, -0.1) is 5.10 Å². The Morgan fingerprint density at radius 2 is 2.16 bits per heavy atom. The van der Waals surface area contributed by atoms with Gasteiger partial charge >= 0.3 is 0 Å². The van der Waals surface area contributed by atoms with E-state index in [-0.39, 0.29) is 22.9 Å². The average Bonchev–Trinajstić information content (AvgIpc) is 3.38. The summed E-state index contributed by atoms with van der Waals surface area (Å²) >= 11 is 5.21. The highest BCUT2D eigenvalue weighted by Crippen LogP contribution is 2.75. The number of fused-ring (bicyclic) bond motifs is 1. The monoisotopic (exact) mass is 439 g/mol. The number of nitrogens with one attached hydrogen (secondary N) is 1. The van der Waals surface area contributed by atoms with E-state index in [0.29, 0.717) is 16.8 Å². The second-order valence-electron chi connectivity index (χ2n) is 9.69. The number of aromatic nitrogens is 2. The second-order valence-corrected chi connectivity index (χ2v) is 10.1. The van der Waals surface area contributed by atoms with E-state index < -0.39 is 5.60 Å². The molecule has 6 aliphatic rings. The van der Waals surface area contributed by atoms with Crippen LogP contribution >= 0.6 is 12.2 Å². The third kappa shape index (κ3) is 1.79. The number of hydrogen-bond acceptors (Lipinski definition) is 7. The van der Waals surface area contributed by atoms with E-state index in [9.17, 15) is 0 Å². The van der Waals surface area contributed by atoms with Crippen LogP contribution in [0, 0.1) is 10.3 Å². The molecule has 0 radical (unpaired) electrons. The van der Waals surface area contributed by atoms with Gasteiger partial charge in [0.1, 0.15) is 11.7 Å². The van der Waals surface area contributed by atoms with Crippen molar-refractivity contribution in [3.05, 3.63) is 46.1 Å². The lowest BCUT2D eigenvalue weighted by molar-refractivity contribution is -0.200. The Morgan fingerprint density at radius 3 is 2.90 bits per heavy atom. The predicted molar refractivity (Wildman–Crippen MR) is 114 cm³/mol. The Morgan fingerprint density at radius 1 is 1.29 bits per heavy atom. The summed E-state index contributed by atoms with van der Waals surface area (Å²) in [4.78, 5) is 2.82. The molecular formula is C23H25N3O4S. The van der Waals surface area contributed by atoms with Crippen molar-refractivity contribution in [2.45, 2.75) is 48.3 Å². The number of H-pyrrole nitrogens is 1. The predicted octanol–water partition coefficient (Wildman–Crippen LogP) is 3.13. The van der Waals surface area contributed by atoms with E-state index in [4.69, 9.17) is 30.8 Å². The largest absolute Gasteiger partial charge is 0.493 e. The maximum absolute atomic E-state index is 6.89. The van der Waals surface area contributed by atoms with Crippen LogP contribution < -0.4 is 9.47 Å². The lowest BCUT2D eigenvalue weighted by atomic mass is 9.37. The molecule has 1 saturated carbocycles. The number of ether oxygens (including phenoxy) is 3. The smallest absolute Gasteiger partial charge is 0.284 e. The van der Waals surface area contributed by atoms with E-state index >= 15 is 0 Å². The molecule has 3 heterocycles. The summed E-state index contributed by atoms with van der Waals surface area (Å²) in [5.41, 5.74) is 1.77. The molecule has 0 unspecified atom stereocenters. The summed E-state index contributed by atoms with van der Waals surface area (Å²) in [6, 6.07) is 4.66. The molecule has 1 saturated heterocycles. The zero-order valence-corrected chi connectivity index (χ0v) is 18.6. The summed E-state index contributed by atoms with van der Waals surface area (Å²) in [7, 11) is 5.74. The molecular weight excluding hydrogens is 414 g/mol. The first-order valence-corrected chi connectivity index (χ1v) is 11.3. The van der Waals surface area contributed by atoms with Gasteiger partial charge in [0, 0.05) is 24.1 Å². The number of benzene rings is 1. The van der Waals surface area contributed by atoms with Crippen molar-refractivity contribution < 1.29 is 18.6 Å². The van der Waals surface area contributed by atoms with Gasteiger partial charge in [-0.3, -0.25) is 0 Å². The van der Waals surface area contributed by atoms with E-state index in [1.165, 1.54) is 11.1 Å². The lowest BCUT2D eigenvalue weighted by Gasteiger charge is -2.70. The van der Waals surface area contributed by atoms with Gasteiger partial charge in [0.15, 0.2) is 11.5 Å². The van der Waals surface area contributed by atoms with Crippen LogP contribution in [-0.4, -0.2) is 60.7 Å².